The van der Waals surface area contributed by atoms with E-state index in [1.165, 1.54) is 0 Å². The number of benzene rings is 1. The van der Waals surface area contributed by atoms with Gasteiger partial charge in [0.1, 0.15) is 0 Å². The molecule has 0 radical (unpaired) electrons. The second-order valence-corrected chi connectivity index (χ2v) is 5.75. The molecule has 0 aromatic heterocycles. The summed E-state index contributed by atoms with van der Waals surface area (Å²) in [6.45, 7) is 6.92. The first-order chi connectivity index (χ1) is 9.69. The predicted molar refractivity (Wildman–Crippen MR) is 88.0 cm³/mol. The Morgan fingerprint density at radius 3 is 2.65 bits per heavy atom. The number of ether oxygens (including phenoxy) is 1. The molecule has 1 aromatic rings. The quantitative estimate of drug-likeness (QED) is 0.630. The summed E-state index contributed by atoms with van der Waals surface area (Å²) in [5, 5.41) is 4.86. The van der Waals surface area contributed by atoms with Crippen LogP contribution in [0.1, 0.15) is 38.7 Å². The fraction of sp³-hybridized carbons (Fsp3) is 0.625. The van der Waals surface area contributed by atoms with Crippen LogP contribution in [0.2, 0.25) is 10.0 Å². The third-order valence-corrected chi connectivity index (χ3v) is 4.00. The van der Waals surface area contributed by atoms with Crippen LogP contribution in [0.25, 0.3) is 0 Å². The minimum Gasteiger partial charge on any atom is -0.381 e. The Morgan fingerprint density at radius 2 is 1.95 bits per heavy atom. The monoisotopic (exact) mass is 317 g/mol. The number of halogens is 2. The number of hydrogen-bond donors (Lipinski definition) is 1. The molecular formula is C16H25Cl2NO. The number of nitrogens with one attached hydrogen (secondary N) is 1. The number of hydrogen-bond acceptors (Lipinski definition) is 2. The standard InChI is InChI=1S/C16H25Cl2NO/c1-3-9-19-14(8-11-20-10-4-2)12-13-6-5-7-15(17)16(13)18/h5-7,14,19H,3-4,8-12H2,1-2H3. The highest BCUT2D eigenvalue weighted by Crippen LogP contribution is 2.26. The lowest BCUT2D eigenvalue weighted by atomic mass is 10.0. The van der Waals surface area contributed by atoms with Gasteiger partial charge in [-0.3, -0.25) is 0 Å². The lowest BCUT2D eigenvalue weighted by Crippen LogP contribution is -2.33. The van der Waals surface area contributed by atoms with E-state index in [0.29, 0.717) is 16.1 Å². The van der Waals surface area contributed by atoms with E-state index in [1.54, 1.807) is 0 Å². The third kappa shape index (κ3) is 6.45. The average molecular weight is 318 g/mol. The van der Waals surface area contributed by atoms with E-state index < -0.39 is 0 Å². The van der Waals surface area contributed by atoms with E-state index >= 15 is 0 Å². The Bertz CT molecular complexity index is 385. The van der Waals surface area contributed by atoms with E-state index in [9.17, 15) is 0 Å². The molecule has 1 aromatic carbocycles. The number of rotatable bonds is 10. The minimum absolute atomic E-state index is 0.378. The molecule has 1 rings (SSSR count). The van der Waals surface area contributed by atoms with Crippen molar-refractivity contribution in [3.63, 3.8) is 0 Å². The molecule has 0 fully saturated rings. The van der Waals surface area contributed by atoms with Gasteiger partial charge in [0.25, 0.3) is 0 Å². The first-order valence-corrected chi connectivity index (χ1v) is 8.18. The molecule has 0 saturated heterocycles. The summed E-state index contributed by atoms with van der Waals surface area (Å²) in [6, 6.07) is 6.20. The van der Waals surface area contributed by atoms with Crippen LogP contribution in [0.4, 0.5) is 0 Å². The Kier molecular flexibility index (Phi) is 9.28. The van der Waals surface area contributed by atoms with Gasteiger partial charge in [-0.05, 0) is 43.9 Å². The largest absolute Gasteiger partial charge is 0.381 e. The van der Waals surface area contributed by atoms with Crippen molar-refractivity contribution < 1.29 is 4.74 Å². The van der Waals surface area contributed by atoms with Gasteiger partial charge in [0, 0.05) is 19.3 Å². The molecule has 20 heavy (non-hydrogen) atoms. The van der Waals surface area contributed by atoms with Crippen LogP contribution in [-0.2, 0) is 11.2 Å². The van der Waals surface area contributed by atoms with Gasteiger partial charge in [-0.25, -0.2) is 0 Å². The molecule has 1 N–H and O–H groups in total. The molecule has 0 bridgehead atoms. The molecule has 0 saturated carbocycles. The maximum absolute atomic E-state index is 6.26. The second-order valence-electron chi connectivity index (χ2n) is 4.97. The molecule has 0 aliphatic rings. The Morgan fingerprint density at radius 1 is 1.15 bits per heavy atom. The van der Waals surface area contributed by atoms with Gasteiger partial charge in [0.2, 0.25) is 0 Å². The van der Waals surface area contributed by atoms with Crippen LogP contribution in [0.5, 0.6) is 0 Å². The average Bonchev–Trinajstić information content (AvgIpc) is 2.45. The van der Waals surface area contributed by atoms with Gasteiger partial charge in [0.15, 0.2) is 0 Å². The molecule has 0 aliphatic heterocycles. The summed E-state index contributed by atoms with van der Waals surface area (Å²) in [5.74, 6) is 0. The van der Waals surface area contributed by atoms with Crippen molar-refractivity contribution >= 4 is 23.2 Å². The SMILES string of the molecule is CCCNC(CCOCCC)Cc1cccc(Cl)c1Cl. The molecule has 0 spiro atoms. The Balaban J connectivity index is 2.56. The predicted octanol–water partition coefficient (Wildman–Crippen LogP) is 4.72. The van der Waals surface area contributed by atoms with Crippen LogP contribution in [0.3, 0.4) is 0 Å². The summed E-state index contributed by atoms with van der Waals surface area (Å²) in [6.07, 6.45) is 4.06. The summed E-state index contributed by atoms with van der Waals surface area (Å²) < 4.78 is 5.59. The minimum atomic E-state index is 0.378. The van der Waals surface area contributed by atoms with E-state index in [1.807, 2.05) is 18.2 Å². The van der Waals surface area contributed by atoms with Gasteiger partial charge in [-0.2, -0.15) is 0 Å². The molecule has 0 amide bonds. The molecule has 1 unspecified atom stereocenters. The van der Waals surface area contributed by atoms with E-state index in [0.717, 1.165) is 51.0 Å². The zero-order chi connectivity index (χ0) is 14.8. The first kappa shape index (κ1) is 17.8. The van der Waals surface area contributed by atoms with Gasteiger partial charge < -0.3 is 10.1 Å². The normalized spacial score (nSPS) is 12.6. The second kappa shape index (κ2) is 10.4. The van der Waals surface area contributed by atoms with Crippen LogP contribution in [0, 0.1) is 0 Å². The zero-order valence-corrected chi connectivity index (χ0v) is 13.9. The molecular weight excluding hydrogens is 293 g/mol. The van der Waals surface area contributed by atoms with E-state index in [2.05, 4.69) is 19.2 Å². The van der Waals surface area contributed by atoms with Gasteiger partial charge in [-0.15, -0.1) is 0 Å². The van der Waals surface area contributed by atoms with Gasteiger partial charge >= 0.3 is 0 Å². The van der Waals surface area contributed by atoms with Gasteiger partial charge in [0.05, 0.1) is 10.0 Å². The van der Waals surface area contributed by atoms with Gasteiger partial charge in [-0.1, -0.05) is 49.2 Å². The maximum atomic E-state index is 6.26. The molecule has 114 valence electrons. The zero-order valence-electron chi connectivity index (χ0n) is 12.4. The molecule has 2 nitrogen and oxygen atoms in total. The smallest absolute Gasteiger partial charge is 0.0624 e. The third-order valence-electron chi connectivity index (χ3n) is 3.14. The topological polar surface area (TPSA) is 21.3 Å². The summed E-state index contributed by atoms with van der Waals surface area (Å²) in [5.41, 5.74) is 1.10. The lowest BCUT2D eigenvalue weighted by Gasteiger charge is -2.19. The van der Waals surface area contributed by atoms with Crippen LogP contribution in [-0.4, -0.2) is 25.8 Å². The van der Waals surface area contributed by atoms with Crippen LogP contribution >= 0.6 is 23.2 Å². The van der Waals surface area contributed by atoms with Crippen LogP contribution in [0.15, 0.2) is 18.2 Å². The Labute approximate surface area is 132 Å². The summed E-state index contributed by atoms with van der Waals surface area (Å²) in [4.78, 5) is 0. The van der Waals surface area contributed by atoms with Crippen molar-refractivity contribution in [2.45, 2.75) is 45.6 Å². The summed E-state index contributed by atoms with van der Waals surface area (Å²) >= 11 is 12.3. The van der Waals surface area contributed by atoms with Crippen molar-refractivity contribution in [1.29, 1.82) is 0 Å². The highest BCUT2D eigenvalue weighted by atomic mass is 35.5. The fourth-order valence-electron chi connectivity index (χ4n) is 2.07. The van der Waals surface area contributed by atoms with Crippen molar-refractivity contribution in [2.24, 2.45) is 0 Å². The molecule has 0 heterocycles. The molecule has 4 heteroatoms. The van der Waals surface area contributed by atoms with E-state index in [-0.39, 0.29) is 0 Å². The maximum Gasteiger partial charge on any atom is 0.0624 e. The Hall–Kier alpha value is -0.280. The van der Waals surface area contributed by atoms with E-state index in [4.69, 9.17) is 27.9 Å². The molecule has 1 atom stereocenters. The highest BCUT2D eigenvalue weighted by Gasteiger charge is 2.12. The van der Waals surface area contributed by atoms with Crippen molar-refractivity contribution in [3.05, 3.63) is 33.8 Å². The van der Waals surface area contributed by atoms with Crippen molar-refractivity contribution in [2.75, 3.05) is 19.8 Å². The highest BCUT2D eigenvalue weighted by molar-refractivity contribution is 6.42. The first-order valence-electron chi connectivity index (χ1n) is 7.43. The van der Waals surface area contributed by atoms with Crippen molar-refractivity contribution in [3.8, 4) is 0 Å². The lowest BCUT2D eigenvalue weighted by molar-refractivity contribution is 0.124. The summed E-state index contributed by atoms with van der Waals surface area (Å²) in [7, 11) is 0. The van der Waals surface area contributed by atoms with Crippen LogP contribution < -0.4 is 5.32 Å². The van der Waals surface area contributed by atoms with Crippen molar-refractivity contribution in [1.82, 2.24) is 5.32 Å². The molecule has 0 aliphatic carbocycles. The fourth-order valence-corrected chi connectivity index (χ4v) is 2.47.